The van der Waals surface area contributed by atoms with E-state index in [9.17, 15) is 4.79 Å². The second-order valence-corrected chi connectivity index (χ2v) is 9.13. The van der Waals surface area contributed by atoms with Crippen LogP contribution in [0.4, 0.5) is 0 Å². The van der Waals surface area contributed by atoms with Gasteiger partial charge in [0.2, 0.25) is 0 Å². The molecule has 1 N–H and O–H groups in total. The summed E-state index contributed by atoms with van der Waals surface area (Å²) in [5, 5.41) is 1.17. The molecular formula is C20H22NO2Si. The standard InChI is InChI=1S/C20H22NO2Si/c1-12-10-13-6-5-7-14(16(13)11-12)18-15(20(21)22)8-9-17(23-2)19(18)24(3)4/h5-9,11,17,21H,10H2,1-4H3. The predicted octanol–water partition coefficient (Wildman–Crippen LogP) is 3.30. The SMILES string of the molecule is COC1C=CC(C([NH])=O)=C(c2cccc3c2C=C(C)C3)C1=[Si](C)C. The molecule has 24 heavy (non-hydrogen) atoms. The van der Waals surface area contributed by atoms with E-state index in [-0.39, 0.29) is 6.10 Å². The summed E-state index contributed by atoms with van der Waals surface area (Å²) in [6.45, 7) is 6.55. The summed E-state index contributed by atoms with van der Waals surface area (Å²) in [6.07, 6.45) is 6.71. The average molecular weight is 336 g/mol. The van der Waals surface area contributed by atoms with Crippen molar-refractivity contribution in [1.82, 2.24) is 5.73 Å². The van der Waals surface area contributed by atoms with Crippen molar-refractivity contribution in [3.8, 4) is 0 Å². The summed E-state index contributed by atoms with van der Waals surface area (Å²) >= 11 is 0. The lowest BCUT2D eigenvalue weighted by Crippen LogP contribution is -2.32. The molecule has 1 atom stereocenters. The van der Waals surface area contributed by atoms with Crippen LogP contribution >= 0.6 is 0 Å². The van der Waals surface area contributed by atoms with E-state index in [2.05, 4.69) is 44.3 Å². The first-order valence-electron chi connectivity index (χ1n) is 8.12. The van der Waals surface area contributed by atoms with Gasteiger partial charge in [0.05, 0.1) is 6.10 Å². The Kier molecular flexibility index (Phi) is 4.52. The second kappa shape index (κ2) is 6.46. The Morgan fingerprint density at radius 3 is 2.71 bits per heavy atom. The zero-order valence-electron chi connectivity index (χ0n) is 14.6. The third-order valence-electron chi connectivity index (χ3n) is 4.62. The van der Waals surface area contributed by atoms with Gasteiger partial charge in [-0.25, -0.2) is 0 Å². The van der Waals surface area contributed by atoms with Crippen molar-refractivity contribution in [3.05, 3.63) is 58.2 Å². The highest BCUT2D eigenvalue weighted by Gasteiger charge is 2.29. The minimum absolute atomic E-state index is 0.116. The molecule has 3 nitrogen and oxygen atoms in total. The van der Waals surface area contributed by atoms with Crippen LogP contribution in [0.1, 0.15) is 23.6 Å². The molecule has 1 unspecified atom stereocenters. The topological polar surface area (TPSA) is 50.1 Å². The van der Waals surface area contributed by atoms with Crippen molar-refractivity contribution < 1.29 is 9.53 Å². The van der Waals surface area contributed by atoms with Gasteiger partial charge in [-0.2, -0.15) is 0 Å². The summed E-state index contributed by atoms with van der Waals surface area (Å²) < 4.78 is 5.66. The number of benzene rings is 1. The van der Waals surface area contributed by atoms with Crippen LogP contribution in [-0.2, 0) is 16.0 Å². The summed E-state index contributed by atoms with van der Waals surface area (Å²) in [4.78, 5) is 12.0. The normalized spacial score (nSPS) is 19.4. The van der Waals surface area contributed by atoms with Gasteiger partial charge in [0.15, 0.2) is 0 Å². The fraction of sp³-hybridized carbons (Fsp3) is 0.300. The Labute approximate surface area is 144 Å². The Hall–Kier alpha value is -2.04. The minimum Gasteiger partial charge on any atom is -0.373 e. The van der Waals surface area contributed by atoms with Crippen molar-refractivity contribution in [2.24, 2.45) is 0 Å². The summed E-state index contributed by atoms with van der Waals surface area (Å²) in [5.74, 6) is -0.632. The Morgan fingerprint density at radius 2 is 2.08 bits per heavy atom. The van der Waals surface area contributed by atoms with Gasteiger partial charge in [-0.1, -0.05) is 49.0 Å². The molecule has 0 bridgehead atoms. The van der Waals surface area contributed by atoms with Crippen LogP contribution in [0.3, 0.4) is 0 Å². The number of ether oxygens (including phenoxy) is 1. The van der Waals surface area contributed by atoms with Crippen molar-refractivity contribution in [2.75, 3.05) is 7.11 Å². The van der Waals surface area contributed by atoms with Crippen LogP contribution in [-0.4, -0.2) is 32.7 Å². The van der Waals surface area contributed by atoms with Crippen LogP contribution in [0.2, 0.25) is 13.1 Å². The van der Waals surface area contributed by atoms with Gasteiger partial charge in [0, 0.05) is 21.1 Å². The lowest BCUT2D eigenvalue weighted by Gasteiger charge is -2.27. The number of nitrogens with one attached hydrogen (secondary N) is 1. The van der Waals surface area contributed by atoms with Crippen LogP contribution in [0.15, 0.2) is 41.5 Å². The molecular weight excluding hydrogens is 314 g/mol. The number of carbonyl (C=O) groups is 1. The van der Waals surface area contributed by atoms with Crippen molar-refractivity contribution >= 4 is 31.1 Å². The molecule has 1 aromatic rings. The van der Waals surface area contributed by atoms with E-state index in [0.29, 0.717) is 5.57 Å². The molecule has 1 radical (unpaired) electrons. The van der Waals surface area contributed by atoms with Crippen molar-refractivity contribution in [2.45, 2.75) is 32.5 Å². The van der Waals surface area contributed by atoms with Gasteiger partial charge in [0.25, 0.3) is 5.91 Å². The number of carbonyl (C=O) groups excluding carboxylic acids is 1. The molecule has 0 saturated carbocycles. The summed E-state index contributed by atoms with van der Waals surface area (Å²) in [6, 6.07) is 6.27. The quantitative estimate of drug-likeness (QED) is 0.795. The van der Waals surface area contributed by atoms with Gasteiger partial charge < -0.3 is 4.74 Å². The van der Waals surface area contributed by atoms with E-state index >= 15 is 0 Å². The molecule has 3 rings (SSSR count). The molecule has 0 saturated heterocycles. The maximum Gasteiger partial charge on any atom is 0.270 e. The molecule has 0 fully saturated rings. The second-order valence-electron chi connectivity index (χ2n) is 6.59. The first kappa shape index (κ1) is 16.8. The van der Waals surface area contributed by atoms with E-state index < -0.39 is 14.3 Å². The predicted molar refractivity (Wildman–Crippen MR) is 101 cm³/mol. The molecule has 2 aliphatic rings. The monoisotopic (exact) mass is 336 g/mol. The van der Waals surface area contributed by atoms with Gasteiger partial charge in [0.1, 0.15) is 0 Å². The van der Waals surface area contributed by atoms with Crippen LogP contribution in [0, 0.1) is 0 Å². The van der Waals surface area contributed by atoms with Gasteiger partial charge in [-0.05, 0) is 46.9 Å². The number of fused-ring (bicyclic) bond motifs is 1. The molecule has 0 spiro atoms. The van der Waals surface area contributed by atoms with E-state index in [1.54, 1.807) is 13.2 Å². The van der Waals surface area contributed by atoms with Crippen LogP contribution in [0.5, 0.6) is 0 Å². The van der Waals surface area contributed by atoms with Crippen molar-refractivity contribution in [1.29, 1.82) is 0 Å². The van der Waals surface area contributed by atoms with Gasteiger partial charge in [-0.15, -0.1) is 0 Å². The maximum absolute atomic E-state index is 12.0. The number of hydrogen-bond acceptors (Lipinski definition) is 2. The first-order chi connectivity index (χ1) is 11.4. The third kappa shape index (κ3) is 2.76. The highest BCUT2D eigenvalue weighted by atomic mass is 28.2. The number of amides is 1. The lowest BCUT2D eigenvalue weighted by atomic mass is 9.86. The zero-order chi connectivity index (χ0) is 17.4. The molecule has 123 valence electrons. The molecule has 0 aliphatic heterocycles. The lowest BCUT2D eigenvalue weighted by molar-refractivity contribution is -0.114. The molecule has 0 aromatic heterocycles. The zero-order valence-corrected chi connectivity index (χ0v) is 15.6. The summed E-state index contributed by atoms with van der Waals surface area (Å²) in [7, 11) is 0.839. The minimum atomic E-state index is -0.860. The molecule has 1 aromatic carbocycles. The van der Waals surface area contributed by atoms with Gasteiger partial charge in [-0.3, -0.25) is 10.5 Å². The number of allylic oxidation sites excluding steroid dienone is 1. The van der Waals surface area contributed by atoms with E-state index in [4.69, 9.17) is 10.5 Å². The Morgan fingerprint density at radius 1 is 1.33 bits per heavy atom. The fourth-order valence-electron chi connectivity index (χ4n) is 3.61. The largest absolute Gasteiger partial charge is 0.373 e. The maximum atomic E-state index is 12.0. The van der Waals surface area contributed by atoms with E-state index in [1.165, 1.54) is 21.9 Å². The highest BCUT2D eigenvalue weighted by molar-refractivity contribution is 6.78. The van der Waals surface area contributed by atoms with E-state index in [1.807, 2.05) is 6.08 Å². The molecule has 2 aliphatic carbocycles. The number of methoxy groups -OCH3 is 1. The Bertz CT molecular complexity index is 839. The first-order valence-corrected chi connectivity index (χ1v) is 10.6. The summed E-state index contributed by atoms with van der Waals surface area (Å²) in [5.41, 5.74) is 14.0. The molecule has 1 amide bonds. The average Bonchev–Trinajstić information content (AvgIpc) is 2.93. The molecule has 4 heteroatoms. The number of rotatable bonds is 3. The third-order valence-corrected chi connectivity index (χ3v) is 6.24. The van der Waals surface area contributed by atoms with Crippen LogP contribution < -0.4 is 5.73 Å². The Balaban J connectivity index is 2.34. The van der Waals surface area contributed by atoms with E-state index in [0.717, 1.165) is 17.6 Å². The smallest absolute Gasteiger partial charge is 0.270 e. The van der Waals surface area contributed by atoms with Crippen molar-refractivity contribution in [3.63, 3.8) is 0 Å². The molecule has 0 heterocycles. The van der Waals surface area contributed by atoms with Crippen LogP contribution in [0.25, 0.3) is 11.6 Å². The fourth-order valence-corrected chi connectivity index (χ4v) is 5.17. The number of hydrogen-bond donors (Lipinski definition) is 0. The van der Waals surface area contributed by atoms with Gasteiger partial charge >= 0.3 is 0 Å². The highest BCUT2D eigenvalue weighted by Crippen LogP contribution is 2.36.